The largest absolute Gasteiger partial charge is 0.376 e. The van der Waals surface area contributed by atoms with E-state index in [0.29, 0.717) is 18.2 Å². The van der Waals surface area contributed by atoms with E-state index in [4.69, 9.17) is 28.6 Å². The van der Waals surface area contributed by atoms with Crippen LogP contribution in [0.2, 0.25) is 5.02 Å². The second kappa shape index (κ2) is 8.45. The van der Waals surface area contributed by atoms with Gasteiger partial charge in [-0.05, 0) is 67.2 Å². The molecule has 2 aromatic rings. The minimum absolute atomic E-state index is 0.0901. The number of halogens is 2. The van der Waals surface area contributed by atoms with Crippen molar-refractivity contribution in [3.8, 4) is 0 Å². The lowest BCUT2D eigenvalue weighted by molar-refractivity contribution is 0.114. The summed E-state index contributed by atoms with van der Waals surface area (Å²) < 4.78 is 19.2. The molecule has 0 radical (unpaired) electrons. The Hall–Kier alpha value is -1.21. The van der Waals surface area contributed by atoms with Crippen molar-refractivity contribution in [3.05, 3.63) is 50.9 Å². The van der Waals surface area contributed by atoms with E-state index in [-0.39, 0.29) is 11.1 Å². The number of thiophene rings is 1. The standard InChI is InChI=1S/C18H20ClFN2OS2/c1-12-6-8-25-17(12)11-22(13-4-5-16(20)15(19)9-13)18(24)21-10-14-3-2-7-23-14/h4-6,8-9,14H,2-3,7,10-11H2,1H3,(H,21,24)/t14-/m0/s1. The minimum atomic E-state index is -0.434. The molecule has 3 rings (SSSR count). The fourth-order valence-corrected chi connectivity index (χ4v) is 4.07. The maximum absolute atomic E-state index is 13.5. The van der Waals surface area contributed by atoms with E-state index >= 15 is 0 Å². The molecular formula is C18H20ClFN2OS2. The average molecular weight is 399 g/mol. The molecule has 1 atom stereocenters. The zero-order chi connectivity index (χ0) is 17.8. The molecule has 1 saturated heterocycles. The number of rotatable bonds is 5. The first-order valence-corrected chi connectivity index (χ1v) is 9.86. The van der Waals surface area contributed by atoms with Crippen molar-refractivity contribution in [1.82, 2.24) is 5.32 Å². The lowest BCUT2D eigenvalue weighted by atomic mass is 10.2. The SMILES string of the molecule is Cc1ccsc1CN(C(=S)NC[C@@H]1CCCO1)c1ccc(F)c(Cl)c1. The average Bonchev–Trinajstić information content (AvgIpc) is 3.25. The predicted molar refractivity (Wildman–Crippen MR) is 106 cm³/mol. The van der Waals surface area contributed by atoms with Gasteiger partial charge in [0.15, 0.2) is 5.11 Å². The lowest BCUT2D eigenvalue weighted by Gasteiger charge is -2.27. The zero-order valence-electron chi connectivity index (χ0n) is 13.9. The Morgan fingerprint density at radius 3 is 2.96 bits per heavy atom. The number of aryl methyl sites for hydroxylation is 1. The molecule has 7 heteroatoms. The van der Waals surface area contributed by atoms with E-state index in [1.54, 1.807) is 23.5 Å². The zero-order valence-corrected chi connectivity index (χ0v) is 16.3. The molecule has 0 bridgehead atoms. The van der Waals surface area contributed by atoms with Gasteiger partial charge in [0.25, 0.3) is 0 Å². The van der Waals surface area contributed by atoms with Crippen molar-refractivity contribution >= 4 is 46.0 Å². The van der Waals surface area contributed by atoms with Gasteiger partial charge < -0.3 is 15.0 Å². The highest BCUT2D eigenvalue weighted by atomic mass is 35.5. The van der Waals surface area contributed by atoms with Crippen LogP contribution in [0.15, 0.2) is 29.6 Å². The van der Waals surface area contributed by atoms with E-state index in [0.717, 1.165) is 25.1 Å². The minimum Gasteiger partial charge on any atom is -0.376 e. The first-order chi connectivity index (χ1) is 12.0. The van der Waals surface area contributed by atoms with Gasteiger partial charge in [-0.1, -0.05) is 11.6 Å². The van der Waals surface area contributed by atoms with Crippen LogP contribution in [0.25, 0.3) is 0 Å². The number of nitrogens with zero attached hydrogens (tertiary/aromatic N) is 1. The quantitative estimate of drug-likeness (QED) is 0.723. The molecule has 1 aliphatic heterocycles. The molecule has 25 heavy (non-hydrogen) atoms. The number of anilines is 1. The van der Waals surface area contributed by atoms with Crippen LogP contribution in [0.3, 0.4) is 0 Å². The molecule has 0 spiro atoms. The molecule has 3 nitrogen and oxygen atoms in total. The Bertz CT molecular complexity index is 746. The summed E-state index contributed by atoms with van der Waals surface area (Å²) in [7, 11) is 0. The van der Waals surface area contributed by atoms with Crippen molar-refractivity contribution in [2.75, 3.05) is 18.1 Å². The summed E-state index contributed by atoms with van der Waals surface area (Å²) in [5.41, 5.74) is 1.98. The highest BCUT2D eigenvalue weighted by Gasteiger charge is 2.19. The third kappa shape index (κ3) is 4.70. The summed E-state index contributed by atoms with van der Waals surface area (Å²) in [5, 5.41) is 6.03. The Morgan fingerprint density at radius 2 is 2.32 bits per heavy atom. The van der Waals surface area contributed by atoms with Crippen LogP contribution >= 0.6 is 35.2 Å². The van der Waals surface area contributed by atoms with Gasteiger partial charge in [0.1, 0.15) is 5.82 Å². The van der Waals surface area contributed by atoms with E-state index in [1.165, 1.54) is 16.5 Å². The summed E-state index contributed by atoms with van der Waals surface area (Å²) in [6, 6.07) is 6.76. The van der Waals surface area contributed by atoms with Gasteiger partial charge >= 0.3 is 0 Å². The van der Waals surface area contributed by atoms with Crippen molar-refractivity contribution in [2.45, 2.75) is 32.4 Å². The molecule has 2 heterocycles. The fourth-order valence-electron chi connectivity index (χ4n) is 2.74. The number of hydrogen-bond acceptors (Lipinski definition) is 3. The van der Waals surface area contributed by atoms with Gasteiger partial charge in [-0.25, -0.2) is 4.39 Å². The van der Waals surface area contributed by atoms with Crippen LogP contribution in [0.1, 0.15) is 23.3 Å². The Labute approximate surface area is 161 Å². The maximum Gasteiger partial charge on any atom is 0.173 e. The van der Waals surface area contributed by atoms with Crippen LogP contribution in [0.4, 0.5) is 10.1 Å². The monoisotopic (exact) mass is 398 g/mol. The molecule has 0 saturated carbocycles. The van der Waals surface area contributed by atoms with Crippen molar-refractivity contribution in [1.29, 1.82) is 0 Å². The normalized spacial score (nSPS) is 16.8. The molecule has 134 valence electrons. The summed E-state index contributed by atoms with van der Waals surface area (Å²) in [5.74, 6) is -0.434. The molecule has 1 aliphatic rings. The predicted octanol–water partition coefficient (Wildman–Crippen LogP) is 4.91. The van der Waals surface area contributed by atoms with Crippen molar-refractivity contribution < 1.29 is 9.13 Å². The van der Waals surface area contributed by atoms with Crippen LogP contribution in [0.5, 0.6) is 0 Å². The topological polar surface area (TPSA) is 24.5 Å². The first-order valence-electron chi connectivity index (χ1n) is 8.19. The summed E-state index contributed by atoms with van der Waals surface area (Å²) >= 11 is 13.3. The van der Waals surface area contributed by atoms with Gasteiger partial charge in [-0.2, -0.15) is 0 Å². The van der Waals surface area contributed by atoms with Gasteiger partial charge in [0.05, 0.1) is 17.7 Å². The highest BCUT2D eigenvalue weighted by molar-refractivity contribution is 7.80. The first kappa shape index (κ1) is 18.6. The number of thiocarbonyl (C=S) groups is 1. The number of nitrogens with one attached hydrogen (secondary N) is 1. The molecule has 1 N–H and O–H groups in total. The molecule has 1 aromatic carbocycles. The third-order valence-electron chi connectivity index (χ3n) is 4.23. The summed E-state index contributed by atoms with van der Waals surface area (Å²) in [6.07, 6.45) is 2.33. The molecule has 1 fully saturated rings. The van der Waals surface area contributed by atoms with E-state index < -0.39 is 5.82 Å². The van der Waals surface area contributed by atoms with Crippen LogP contribution < -0.4 is 10.2 Å². The smallest absolute Gasteiger partial charge is 0.173 e. The Kier molecular flexibility index (Phi) is 6.28. The third-order valence-corrected chi connectivity index (χ3v) is 5.90. The molecule has 0 amide bonds. The molecule has 0 aliphatic carbocycles. The lowest BCUT2D eigenvalue weighted by Crippen LogP contribution is -2.42. The number of ether oxygens (including phenoxy) is 1. The van der Waals surface area contributed by atoms with Gasteiger partial charge in [-0.15, -0.1) is 11.3 Å². The Balaban J connectivity index is 1.78. The van der Waals surface area contributed by atoms with Crippen LogP contribution in [-0.4, -0.2) is 24.4 Å². The Morgan fingerprint density at radius 1 is 1.48 bits per heavy atom. The second-order valence-corrected chi connectivity index (χ2v) is 7.83. The van der Waals surface area contributed by atoms with Gasteiger partial charge in [-0.3, -0.25) is 0 Å². The molecule has 1 aromatic heterocycles. The fraction of sp³-hybridized carbons (Fsp3) is 0.389. The maximum atomic E-state index is 13.5. The van der Waals surface area contributed by atoms with Crippen molar-refractivity contribution in [3.63, 3.8) is 0 Å². The van der Waals surface area contributed by atoms with E-state index in [9.17, 15) is 4.39 Å². The second-order valence-electron chi connectivity index (χ2n) is 6.03. The molecular weight excluding hydrogens is 379 g/mol. The highest BCUT2D eigenvalue weighted by Crippen LogP contribution is 2.26. The van der Waals surface area contributed by atoms with E-state index in [2.05, 4.69) is 23.7 Å². The van der Waals surface area contributed by atoms with Crippen molar-refractivity contribution in [2.24, 2.45) is 0 Å². The van der Waals surface area contributed by atoms with E-state index in [1.807, 2.05) is 4.90 Å². The molecule has 0 unspecified atom stereocenters. The summed E-state index contributed by atoms with van der Waals surface area (Å²) in [4.78, 5) is 3.16. The van der Waals surface area contributed by atoms with Gasteiger partial charge in [0.2, 0.25) is 0 Å². The van der Waals surface area contributed by atoms with Crippen LogP contribution in [-0.2, 0) is 11.3 Å². The number of hydrogen-bond donors (Lipinski definition) is 1. The summed E-state index contributed by atoms with van der Waals surface area (Å²) in [6.45, 7) is 4.17. The van der Waals surface area contributed by atoms with Crippen LogP contribution in [0, 0.1) is 12.7 Å². The number of benzene rings is 1. The van der Waals surface area contributed by atoms with Gasteiger partial charge in [0, 0.05) is 23.7 Å².